The van der Waals surface area contributed by atoms with Gasteiger partial charge in [0.2, 0.25) is 0 Å². The quantitative estimate of drug-likeness (QED) is 0.739. The lowest BCUT2D eigenvalue weighted by atomic mass is 9.97. The fraction of sp³-hybridized carbons (Fsp3) is 1.00. The average Bonchev–Trinajstić information content (AvgIpc) is 2.77. The molecular weight excluding hydrogens is 172 g/mol. The Bertz CT molecular complexity index is 181. The molecule has 0 radical (unpaired) electrons. The molecule has 0 saturated carbocycles. The summed E-state index contributed by atoms with van der Waals surface area (Å²) >= 11 is 0. The number of nitrogens with zero attached hydrogens (tertiary/aromatic N) is 1. The number of hydrogen-bond acceptors (Lipinski definition) is 2. The Labute approximate surface area is 88.1 Å². The normalized spacial score (nSPS) is 39.4. The maximum absolute atomic E-state index is 3.50. The Morgan fingerprint density at radius 2 is 2.21 bits per heavy atom. The number of hydrogen-bond donors (Lipinski definition) is 1. The predicted molar refractivity (Wildman–Crippen MR) is 60.4 cm³/mol. The highest BCUT2D eigenvalue weighted by atomic mass is 15.2. The molecule has 0 aromatic carbocycles. The van der Waals surface area contributed by atoms with Crippen LogP contribution in [0.3, 0.4) is 0 Å². The van der Waals surface area contributed by atoms with Crippen molar-refractivity contribution in [3.8, 4) is 0 Å². The van der Waals surface area contributed by atoms with Crippen molar-refractivity contribution in [1.29, 1.82) is 0 Å². The molecule has 1 N–H and O–H groups in total. The van der Waals surface area contributed by atoms with E-state index in [1.165, 1.54) is 45.4 Å². The van der Waals surface area contributed by atoms with Crippen LogP contribution >= 0.6 is 0 Å². The van der Waals surface area contributed by atoms with E-state index in [4.69, 9.17) is 0 Å². The van der Waals surface area contributed by atoms with Crippen molar-refractivity contribution in [3.63, 3.8) is 0 Å². The molecule has 0 aliphatic carbocycles. The molecule has 2 heterocycles. The summed E-state index contributed by atoms with van der Waals surface area (Å²) in [5.74, 6) is 1.79. The Morgan fingerprint density at radius 3 is 2.86 bits per heavy atom. The molecule has 2 nitrogen and oxygen atoms in total. The average molecular weight is 196 g/mol. The predicted octanol–water partition coefficient (Wildman–Crippen LogP) is 1.72. The fourth-order valence-electron chi connectivity index (χ4n) is 3.01. The highest BCUT2D eigenvalue weighted by Gasteiger charge is 2.29. The summed E-state index contributed by atoms with van der Waals surface area (Å²) in [6.07, 6.45) is 4.20. The molecule has 0 amide bonds. The zero-order valence-electron chi connectivity index (χ0n) is 9.63. The van der Waals surface area contributed by atoms with Crippen molar-refractivity contribution in [2.24, 2.45) is 11.8 Å². The number of likely N-dealkylation sites (tertiary alicyclic amines) is 1. The van der Waals surface area contributed by atoms with Crippen LogP contribution in [0.25, 0.3) is 0 Å². The van der Waals surface area contributed by atoms with Gasteiger partial charge in [-0.3, -0.25) is 0 Å². The topological polar surface area (TPSA) is 15.3 Å². The van der Waals surface area contributed by atoms with Crippen molar-refractivity contribution in [1.82, 2.24) is 10.2 Å². The second-order valence-corrected chi connectivity index (χ2v) is 5.09. The van der Waals surface area contributed by atoms with Crippen LogP contribution in [0.5, 0.6) is 0 Å². The molecule has 2 aliphatic heterocycles. The van der Waals surface area contributed by atoms with E-state index in [2.05, 4.69) is 24.1 Å². The van der Waals surface area contributed by atoms with Gasteiger partial charge in [-0.05, 0) is 50.7 Å². The van der Waals surface area contributed by atoms with Crippen molar-refractivity contribution >= 4 is 0 Å². The number of nitrogens with one attached hydrogen (secondary N) is 1. The number of rotatable bonds is 3. The van der Waals surface area contributed by atoms with Gasteiger partial charge in [-0.1, -0.05) is 13.8 Å². The van der Waals surface area contributed by atoms with E-state index in [9.17, 15) is 0 Å². The van der Waals surface area contributed by atoms with Gasteiger partial charge in [-0.25, -0.2) is 0 Å². The first kappa shape index (κ1) is 10.4. The molecular formula is C12H24N2. The summed E-state index contributed by atoms with van der Waals surface area (Å²) in [7, 11) is 0. The lowest BCUT2D eigenvalue weighted by Crippen LogP contribution is -2.35. The van der Waals surface area contributed by atoms with Gasteiger partial charge < -0.3 is 10.2 Å². The standard InChI is InChI=1S/C12H24N2/c1-3-12-5-4-6-14(12)9-11-8-13-7-10(11)2/h10-13H,3-9H2,1-2H3/t10-,11+,12?/m1/s1. The van der Waals surface area contributed by atoms with E-state index < -0.39 is 0 Å². The lowest BCUT2D eigenvalue weighted by molar-refractivity contribution is 0.199. The van der Waals surface area contributed by atoms with Gasteiger partial charge in [0.1, 0.15) is 0 Å². The van der Waals surface area contributed by atoms with E-state index in [0.29, 0.717) is 0 Å². The summed E-state index contributed by atoms with van der Waals surface area (Å²) in [4.78, 5) is 2.73. The van der Waals surface area contributed by atoms with Gasteiger partial charge in [-0.2, -0.15) is 0 Å². The van der Waals surface area contributed by atoms with Crippen molar-refractivity contribution in [2.75, 3.05) is 26.2 Å². The summed E-state index contributed by atoms with van der Waals surface area (Å²) < 4.78 is 0. The summed E-state index contributed by atoms with van der Waals surface area (Å²) in [6, 6.07) is 0.891. The molecule has 2 aliphatic rings. The Kier molecular flexibility index (Phi) is 3.45. The third kappa shape index (κ3) is 2.12. The zero-order chi connectivity index (χ0) is 9.97. The van der Waals surface area contributed by atoms with Crippen LogP contribution in [0.2, 0.25) is 0 Å². The maximum Gasteiger partial charge on any atom is 0.00932 e. The third-order valence-electron chi connectivity index (χ3n) is 4.12. The maximum atomic E-state index is 3.50. The van der Waals surface area contributed by atoms with Gasteiger partial charge in [0.15, 0.2) is 0 Å². The first-order valence-electron chi connectivity index (χ1n) is 6.26. The molecule has 0 spiro atoms. The smallest absolute Gasteiger partial charge is 0.00932 e. The third-order valence-corrected chi connectivity index (χ3v) is 4.12. The van der Waals surface area contributed by atoms with Crippen LogP contribution in [-0.2, 0) is 0 Å². The minimum absolute atomic E-state index is 0.883. The highest BCUT2D eigenvalue weighted by Crippen LogP contribution is 2.24. The van der Waals surface area contributed by atoms with Crippen LogP contribution in [0.1, 0.15) is 33.1 Å². The molecule has 2 rings (SSSR count). The van der Waals surface area contributed by atoms with Gasteiger partial charge in [0.25, 0.3) is 0 Å². The molecule has 2 fully saturated rings. The minimum Gasteiger partial charge on any atom is -0.316 e. The molecule has 82 valence electrons. The Balaban J connectivity index is 1.83. The summed E-state index contributed by atoms with van der Waals surface area (Å²) in [5, 5.41) is 3.50. The Hall–Kier alpha value is -0.0800. The SMILES string of the molecule is CCC1CCCN1C[C@@H]1CNC[C@H]1C. The monoisotopic (exact) mass is 196 g/mol. The first-order chi connectivity index (χ1) is 6.81. The largest absolute Gasteiger partial charge is 0.316 e. The van der Waals surface area contributed by atoms with Crippen molar-refractivity contribution < 1.29 is 0 Å². The van der Waals surface area contributed by atoms with Crippen molar-refractivity contribution in [3.05, 3.63) is 0 Å². The van der Waals surface area contributed by atoms with Gasteiger partial charge >= 0.3 is 0 Å². The van der Waals surface area contributed by atoms with Crippen LogP contribution in [0, 0.1) is 11.8 Å². The van der Waals surface area contributed by atoms with Crippen molar-refractivity contribution in [2.45, 2.75) is 39.2 Å². The lowest BCUT2D eigenvalue weighted by Gasteiger charge is -2.27. The van der Waals surface area contributed by atoms with E-state index in [0.717, 1.165) is 17.9 Å². The van der Waals surface area contributed by atoms with Crippen LogP contribution in [0.4, 0.5) is 0 Å². The molecule has 0 bridgehead atoms. The van der Waals surface area contributed by atoms with E-state index >= 15 is 0 Å². The second-order valence-electron chi connectivity index (χ2n) is 5.09. The van der Waals surface area contributed by atoms with E-state index in [-0.39, 0.29) is 0 Å². The summed E-state index contributed by atoms with van der Waals surface area (Å²) in [6.45, 7) is 9.89. The molecule has 0 aromatic heterocycles. The molecule has 2 saturated heterocycles. The Morgan fingerprint density at radius 1 is 1.36 bits per heavy atom. The van der Waals surface area contributed by atoms with Crippen LogP contribution in [0.15, 0.2) is 0 Å². The summed E-state index contributed by atoms with van der Waals surface area (Å²) in [5.41, 5.74) is 0. The van der Waals surface area contributed by atoms with E-state index in [1.54, 1.807) is 0 Å². The van der Waals surface area contributed by atoms with Crippen LogP contribution in [-0.4, -0.2) is 37.1 Å². The molecule has 1 unspecified atom stereocenters. The molecule has 3 atom stereocenters. The zero-order valence-corrected chi connectivity index (χ0v) is 9.63. The highest BCUT2D eigenvalue weighted by molar-refractivity contribution is 4.85. The molecule has 2 heteroatoms. The molecule has 14 heavy (non-hydrogen) atoms. The fourth-order valence-corrected chi connectivity index (χ4v) is 3.01. The van der Waals surface area contributed by atoms with E-state index in [1.807, 2.05) is 0 Å². The molecule has 0 aromatic rings. The van der Waals surface area contributed by atoms with Gasteiger partial charge in [-0.15, -0.1) is 0 Å². The van der Waals surface area contributed by atoms with Gasteiger partial charge in [0, 0.05) is 12.6 Å². The minimum atomic E-state index is 0.883. The van der Waals surface area contributed by atoms with Gasteiger partial charge in [0.05, 0.1) is 0 Å². The van der Waals surface area contributed by atoms with Crippen LogP contribution < -0.4 is 5.32 Å². The first-order valence-corrected chi connectivity index (χ1v) is 6.26. The second kappa shape index (κ2) is 4.63.